The second kappa shape index (κ2) is 11.7. The minimum Gasteiger partial charge on any atom is -0.481 e. The molecule has 1 aromatic carbocycles. The van der Waals surface area contributed by atoms with Crippen LogP contribution in [0.5, 0.6) is 0 Å². The summed E-state index contributed by atoms with van der Waals surface area (Å²) >= 11 is 11.1. The van der Waals surface area contributed by atoms with Crippen LogP contribution >= 0.6 is 23.8 Å². The molecule has 0 fully saturated rings. The highest BCUT2D eigenvalue weighted by Crippen LogP contribution is 2.24. The number of hydrogen-bond acceptors (Lipinski definition) is 7. The fraction of sp³-hybridized carbons (Fsp3) is 0.278. The van der Waals surface area contributed by atoms with Gasteiger partial charge in [0.1, 0.15) is 11.4 Å². The smallest absolute Gasteiger partial charge is 0.341 e. The number of carbonyl (C=O) groups is 2. The first kappa shape index (κ1) is 23.1. The van der Waals surface area contributed by atoms with Gasteiger partial charge in [0.05, 0.1) is 17.1 Å². The van der Waals surface area contributed by atoms with Gasteiger partial charge in [0.25, 0.3) is 0 Å². The van der Waals surface area contributed by atoms with Crippen molar-refractivity contribution >= 4 is 58.3 Å². The molecule has 0 radical (unpaired) electrons. The van der Waals surface area contributed by atoms with Crippen LogP contribution in [0, 0.1) is 0 Å². The molecule has 0 spiro atoms. The minimum absolute atomic E-state index is 0.0282. The number of rotatable bonds is 11. The quantitative estimate of drug-likeness (QED) is 0.220. The Morgan fingerprint density at radius 2 is 1.83 bits per heavy atom. The zero-order valence-corrected chi connectivity index (χ0v) is 17.4. The summed E-state index contributed by atoms with van der Waals surface area (Å²) in [7, 11) is 0. The van der Waals surface area contributed by atoms with E-state index >= 15 is 0 Å². The predicted octanol–water partition coefficient (Wildman–Crippen LogP) is 2.31. The normalized spacial score (nSPS) is 10.2. The number of nitrogens with zero attached hydrogens (tertiary/aromatic N) is 2. The lowest BCUT2D eigenvalue weighted by Crippen LogP contribution is -2.37. The highest BCUT2D eigenvalue weighted by molar-refractivity contribution is 7.80. The number of anilines is 3. The monoisotopic (exact) mass is 452 g/mol. The van der Waals surface area contributed by atoms with Crippen molar-refractivity contribution in [2.75, 3.05) is 30.3 Å². The first-order chi connectivity index (χ1) is 14.4. The van der Waals surface area contributed by atoms with Gasteiger partial charge in [-0.15, -0.1) is 0 Å². The Morgan fingerprint density at radius 1 is 1.10 bits per heavy atom. The molecule has 0 aliphatic heterocycles. The molecule has 2 aromatic rings. The number of nitrogens with one attached hydrogen (secondary N) is 4. The van der Waals surface area contributed by atoms with E-state index in [1.54, 1.807) is 24.3 Å². The third-order valence-corrected chi connectivity index (χ3v) is 4.31. The van der Waals surface area contributed by atoms with Crippen molar-refractivity contribution in [1.82, 2.24) is 20.6 Å². The van der Waals surface area contributed by atoms with E-state index in [1.807, 2.05) is 0 Å². The fourth-order valence-electron chi connectivity index (χ4n) is 2.26. The van der Waals surface area contributed by atoms with Crippen molar-refractivity contribution in [3.8, 4) is 0 Å². The summed E-state index contributed by atoms with van der Waals surface area (Å²) in [6.07, 6.45) is 1.80. The summed E-state index contributed by atoms with van der Waals surface area (Å²) in [5.74, 6) is -1.67. The van der Waals surface area contributed by atoms with Crippen molar-refractivity contribution in [1.29, 1.82) is 0 Å². The Hall–Kier alpha value is -3.18. The minimum atomic E-state index is -1.15. The van der Waals surface area contributed by atoms with Crippen molar-refractivity contribution < 1.29 is 19.8 Å². The summed E-state index contributed by atoms with van der Waals surface area (Å²) in [5.41, 5.74) is 0.542. The number of hydrogen-bond donors (Lipinski definition) is 6. The standard InChI is InChI=1S/C18H21ClN6O4S/c19-12-4-1-2-5-13(12)24-17-23-10-11(16(28)29)15(25-17)20-7-3-8-21-18(30)22-9-6-14(26)27/h1-2,4-5,10H,3,6-9H2,(H,26,27)(H,28,29)(H2,21,22,30)(H2,20,23,24,25). The number of aromatic nitrogens is 2. The van der Waals surface area contributed by atoms with Gasteiger partial charge in [0.15, 0.2) is 5.11 Å². The molecule has 12 heteroatoms. The molecule has 0 aliphatic carbocycles. The van der Waals surface area contributed by atoms with E-state index in [2.05, 4.69) is 31.2 Å². The van der Waals surface area contributed by atoms with Crippen LogP contribution in [-0.4, -0.2) is 56.9 Å². The lowest BCUT2D eigenvalue weighted by atomic mass is 10.3. The highest BCUT2D eigenvalue weighted by Gasteiger charge is 2.14. The zero-order valence-electron chi connectivity index (χ0n) is 15.8. The fourth-order valence-corrected chi connectivity index (χ4v) is 2.65. The van der Waals surface area contributed by atoms with Crippen LogP contribution in [0.2, 0.25) is 5.02 Å². The van der Waals surface area contributed by atoms with Crippen LogP contribution in [0.15, 0.2) is 30.5 Å². The van der Waals surface area contributed by atoms with E-state index < -0.39 is 11.9 Å². The maximum absolute atomic E-state index is 11.4. The van der Waals surface area contributed by atoms with Crippen LogP contribution in [0.3, 0.4) is 0 Å². The van der Waals surface area contributed by atoms with Gasteiger partial charge in [-0.25, -0.2) is 9.78 Å². The molecular formula is C18H21ClN6O4S. The van der Waals surface area contributed by atoms with Gasteiger partial charge in [0, 0.05) is 25.8 Å². The van der Waals surface area contributed by atoms with Crippen LogP contribution in [0.25, 0.3) is 0 Å². The van der Waals surface area contributed by atoms with Crippen LogP contribution < -0.4 is 21.3 Å². The highest BCUT2D eigenvalue weighted by atomic mass is 35.5. The van der Waals surface area contributed by atoms with E-state index in [-0.39, 0.29) is 30.3 Å². The summed E-state index contributed by atoms with van der Waals surface area (Å²) in [5, 5.41) is 30.4. The average molecular weight is 453 g/mol. The second-order valence-electron chi connectivity index (χ2n) is 5.97. The Kier molecular flexibility index (Phi) is 9.03. The molecule has 160 valence electrons. The van der Waals surface area contributed by atoms with E-state index in [0.717, 1.165) is 0 Å². The molecule has 0 saturated carbocycles. The molecule has 1 aromatic heterocycles. The topological polar surface area (TPSA) is 148 Å². The number of aliphatic carboxylic acids is 1. The molecule has 0 saturated heterocycles. The van der Waals surface area contributed by atoms with Gasteiger partial charge in [-0.05, 0) is 30.8 Å². The molecule has 0 aliphatic rings. The van der Waals surface area contributed by atoms with Crippen LogP contribution in [0.4, 0.5) is 17.5 Å². The van der Waals surface area contributed by atoms with E-state index in [0.29, 0.717) is 35.3 Å². The van der Waals surface area contributed by atoms with Crippen molar-refractivity contribution in [3.63, 3.8) is 0 Å². The maximum atomic E-state index is 11.4. The zero-order chi connectivity index (χ0) is 21.9. The van der Waals surface area contributed by atoms with Gasteiger partial charge < -0.3 is 31.5 Å². The molecule has 10 nitrogen and oxygen atoms in total. The molecule has 2 rings (SSSR count). The Morgan fingerprint density at radius 3 is 2.53 bits per heavy atom. The summed E-state index contributed by atoms with van der Waals surface area (Å²) < 4.78 is 0. The Balaban J connectivity index is 1.87. The molecule has 0 unspecified atom stereocenters. The molecule has 30 heavy (non-hydrogen) atoms. The molecular weight excluding hydrogens is 432 g/mol. The van der Waals surface area contributed by atoms with Gasteiger partial charge in [0.2, 0.25) is 5.95 Å². The summed E-state index contributed by atoms with van der Waals surface area (Å²) in [6, 6.07) is 7.05. The number of halogens is 1. The van der Waals surface area contributed by atoms with Gasteiger partial charge in [-0.3, -0.25) is 4.79 Å². The summed E-state index contributed by atoms with van der Waals surface area (Å²) in [6.45, 7) is 1.17. The number of aromatic carboxylic acids is 1. The number of benzene rings is 1. The van der Waals surface area contributed by atoms with Gasteiger partial charge in [-0.2, -0.15) is 4.98 Å². The van der Waals surface area contributed by atoms with Crippen molar-refractivity contribution in [2.45, 2.75) is 12.8 Å². The number of carboxylic acid groups (broad SMARTS) is 2. The molecule has 1 heterocycles. The maximum Gasteiger partial charge on any atom is 0.341 e. The predicted molar refractivity (Wildman–Crippen MR) is 118 cm³/mol. The Bertz CT molecular complexity index is 914. The Labute approximate surface area is 183 Å². The van der Waals surface area contributed by atoms with Crippen molar-refractivity contribution in [3.05, 3.63) is 41.0 Å². The number of para-hydroxylation sites is 1. The van der Waals surface area contributed by atoms with E-state index in [4.69, 9.17) is 28.9 Å². The van der Waals surface area contributed by atoms with Gasteiger partial charge in [-0.1, -0.05) is 23.7 Å². The van der Waals surface area contributed by atoms with Crippen LogP contribution in [-0.2, 0) is 4.79 Å². The van der Waals surface area contributed by atoms with Crippen molar-refractivity contribution in [2.24, 2.45) is 0 Å². The molecule has 0 amide bonds. The first-order valence-electron chi connectivity index (χ1n) is 8.96. The molecule has 6 N–H and O–H groups in total. The number of carboxylic acids is 2. The first-order valence-corrected chi connectivity index (χ1v) is 9.74. The molecule has 0 atom stereocenters. The third-order valence-electron chi connectivity index (χ3n) is 3.70. The lowest BCUT2D eigenvalue weighted by molar-refractivity contribution is -0.136. The van der Waals surface area contributed by atoms with E-state index in [9.17, 15) is 14.7 Å². The average Bonchev–Trinajstić information content (AvgIpc) is 2.69. The third kappa shape index (κ3) is 7.68. The summed E-state index contributed by atoms with van der Waals surface area (Å²) in [4.78, 5) is 30.1. The van der Waals surface area contributed by atoms with Crippen LogP contribution in [0.1, 0.15) is 23.2 Å². The van der Waals surface area contributed by atoms with E-state index in [1.165, 1.54) is 6.20 Å². The number of thiocarbonyl (C=S) groups is 1. The van der Waals surface area contributed by atoms with Gasteiger partial charge >= 0.3 is 11.9 Å². The second-order valence-corrected chi connectivity index (χ2v) is 6.79. The largest absolute Gasteiger partial charge is 0.481 e. The lowest BCUT2D eigenvalue weighted by Gasteiger charge is -2.12. The molecule has 0 bridgehead atoms. The SMILES string of the molecule is O=C(O)CCNC(=S)NCCCNc1nc(Nc2ccccc2Cl)ncc1C(=O)O.